The maximum atomic E-state index is 14.1. The number of aromatic hydroxyl groups is 1. The zero-order valence-corrected chi connectivity index (χ0v) is 30.3. The predicted octanol–water partition coefficient (Wildman–Crippen LogP) is 4.21. The molecule has 12 nitrogen and oxygen atoms in total. The molecule has 14 heteroatoms. The van der Waals surface area contributed by atoms with Crippen molar-refractivity contribution >= 4 is 61.4 Å². The molecule has 0 bridgehead atoms. The Morgan fingerprint density at radius 1 is 0.875 bits per heavy atom. The second-order valence-corrected chi connectivity index (χ2v) is 14.9. The minimum Gasteiger partial charge on any atom is -0.506 e. The van der Waals surface area contributed by atoms with Crippen molar-refractivity contribution in [2.75, 3.05) is 57.7 Å². The molecule has 4 aliphatic rings. The van der Waals surface area contributed by atoms with E-state index in [-0.39, 0.29) is 42.1 Å². The number of anilines is 1. The molecule has 0 aliphatic carbocycles. The molecule has 48 heavy (non-hydrogen) atoms. The molecule has 6 amide bonds. The number of hydrogen-bond acceptors (Lipinski definition) is 6. The first-order chi connectivity index (χ1) is 23.1. The van der Waals surface area contributed by atoms with Crippen molar-refractivity contribution in [1.82, 2.24) is 29.8 Å². The smallest absolute Gasteiger partial charge is 0.322 e. The summed E-state index contributed by atoms with van der Waals surface area (Å²) in [5.41, 5.74) is 2.71. The van der Waals surface area contributed by atoms with Gasteiger partial charge in [-0.05, 0) is 86.9 Å². The number of nitrogens with zero attached hydrogens (tertiary/aromatic N) is 5. The number of halogens is 2. The highest BCUT2D eigenvalue weighted by molar-refractivity contribution is 9.11. The molecule has 3 saturated heterocycles. The van der Waals surface area contributed by atoms with Crippen LogP contribution in [-0.4, -0.2) is 124 Å². The molecule has 0 spiro atoms. The number of phenolic OH excluding ortho intramolecular Hbond substituents is 1. The molecule has 1 atom stereocenters. The number of fused-ring (bicyclic) bond motifs is 1. The number of nitrogens with one attached hydrogen (secondary N) is 2. The summed E-state index contributed by atoms with van der Waals surface area (Å²) < 4.78 is 1.00. The first kappa shape index (κ1) is 34.5. The van der Waals surface area contributed by atoms with Gasteiger partial charge in [-0.15, -0.1) is 0 Å². The second-order valence-electron chi connectivity index (χ2n) is 13.1. The van der Waals surface area contributed by atoms with Crippen LogP contribution in [0, 0.1) is 0 Å². The summed E-state index contributed by atoms with van der Waals surface area (Å²) in [5.74, 6) is 0.0634. The highest BCUT2D eigenvalue weighted by Gasteiger charge is 2.36. The number of phenols is 1. The first-order valence-electron chi connectivity index (χ1n) is 16.7. The van der Waals surface area contributed by atoms with E-state index in [1.165, 1.54) is 0 Å². The van der Waals surface area contributed by atoms with Gasteiger partial charge in [-0.3, -0.25) is 14.5 Å². The predicted molar refractivity (Wildman–Crippen MR) is 189 cm³/mol. The molecule has 6 rings (SSSR count). The number of likely N-dealkylation sites (tertiary alicyclic amines) is 2. The summed E-state index contributed by atoms with van der Waals surface area (Å²) in [6.45, 7) is 7.44. The summed E-state index contributed by atoms with van der Waals surface area (Å²) in [6.07, 6.45) is 3.23. The van der Waals surface area contributed by atoms with Crippen LogP contribution in [0.25, 0.3) is 0 Å². The fraction of sp³-hybridized carbons (Fsp3) is 0.529. The molecule has 2 aromatic rings. The van der Waals surface area contributed by atoms with Gasteiger partial charge < -0.3 is 35.3 Å². The van der Waals surface area contributed by atoms with Crippen molar-refractivity contribution in [3.63, 3.8) is 0 Å². The average Bonchev–Trinajstić information content (AvgIpc) is 3.10. The van der Waals surface area contributed by atoms with Crippen molar-refractivity contribution in [3.8, 4) is 5.75 Å². The number of piperidine rings is 2. The van der Waals surface area contributed by atoms with Crippen LogP contribution >= 0.6 is 31.9 Å². The molecule has 2 aromatic carbocycles. The Hall–Kier alpha value is -3.36. The molecule has 4 heterocycles. The van der Waals surface area contributed by atoms with E-state index in [9.17, 15) is 24.3 Å². The molecular formula is C34H43Br2N7O5. The molecule has 0 unspecified atom stereocenters. The van der Waals surface area contributed by atoms with Gasteiger partial charge in [-0.25, -0.2) is 9.59 Å². The third-order valence-electron chi connectivity index (χ3n) is 10.2. The van der Waals surface area contributed by atoms with Crippen molar-refractivity contribution in [2.24, 2.45) is 0 Å². The molecule has 3 N–H and O–H groups in total. The zero-order valence-electron chi connectivity index (χ0n) is 27.2. The lowest BCUT2D eigenvalue weighted by Crippen LogP contribution is -2.58. The molecule has 0 saturated carbocycles. The van der Waals surface area contributed by atoms with E-state index >= 15 is 0 Å². The maximum absolute atomic E-state index is 14.1. The minimum absolute atomic E-state index is 0.0123. The Balaban J connectivity index is 1.08. The number of carbonyl (C=O) groups excluding carboxylic acids is 4. The second kappa shape index (κ2) is 15.0. The molecule has 4 aliphatic heterocycles. The van der Waals surface area contributed by atoms with Gasteiger partial charge in [-0.2, -0.15) is 0 Å². The SMILES string of the molecule is CC(=O)N1CCN(C2CCN(C(=O)[C@@H](Cc3cc(Br)c(O)c(Br)c3)NC(=O)N3CCC(N4Cc5ccccc5NC4=O)CC3)CC2)CC1. The van der Waals surface area contributed by atoms with E-state index < -0.39 is 6.04 Å². The Kier molecular flexibility index (Phi) is 10.8. The number of para-hydroxylation sites is 1. The lowest BCUT2D eigenvalue weighted by atomic mass is 9.99. The van der Waals surface area contributed by atoms with Crippen LogP contribution in [0.4, 0.5) is 15.3 Å². The number of carbonyl (C=O) groups is 4. The highest BCUT2D eigenvalue weighted by atomic mass is 79.9. The largest absolute Gasteiger partial charge is 0.506 e. The number of piperazine rings is 1. The van der Waals surface area contributed by atoms with E-state index in [1.54, 1.807) is 24.0 Å². The van der Waals surface area contributed by atoms with Gasteiger partial charge in [0.1, 0.15) is 11.8 Å². The summed E-state index contributed by atoms with van der Waals surface area (Å²) >= 11 is 6.78. The third-order valence-corrected chi connectivity index (χ3v) is 11.4. The molecule has 0 radical (unpaired) electrons. The van der Waals surface area contributed by atoms with Crippen molar-refractivity contribution < 1.29 is 24.3 Å². The summed E-state index contributed by atoms with van der Waals surface area (Å²) in [6, 6.07) is 10.5. The van der Waals surface area contributed by atoms with Gasteiger partial charge in [0.05, 0.1) is 8.95 Å². The van der Waals surface area contributed by atoms with Gasteiger partial charge in [0.25, 0.3) is 0 Å². The topological polar surface area (TPSA) is 129 Å². The monoisotopic (exact) mass is 787 g/mol. The summed E-state index contributed by atoms with van der Waals surface area (Å²) in [5, 5.41) is 16.3. The van der Waals surface area contributed by atoms with Gasteiger partial charge in [0.2, 0.25) is 11.8 Å². The molecule has 3 fully saturated rings. The first-order valence-corrected chi connectivity index (χ1v) is 18.3. The Bertz CT molecular complexity index is 1510. The summed E-state index contributed by atoms with van der Waals surface area (Å²) in [7, 11) is 0. The molecule has 0 aromatic heterocycles. The van der Waals surface area contributed by atoms with Crippen molar-refractivity contribution in [2.45, 2.75) is 63.7 Å². The fourth-order valence-corrected chi connectivity index (χ4v) is 8.66. The Morgan fingerprint density at radius 2 is 1.48 bits per heavy atom. The fourth-order valence-electron chi connectivity index (χ4n) is 7.38. The lowest BCUT2D eigenvalue weighted by Gasteiger charge is -2.43. The van der Waals surface area contributed by atoms with E-state index in [4.69, 9.17) is 0 Å². The van der Waals surface area contributed by atoms with Crippen LogP contribution < -0.4 is 10.6 Å². The van der Waals surface area contributed by atoms with E-state index in [2.05, 4.69) is 47.4 Å². The Labute approximate surface area is 298 Å². The molecule has 258 valence electrons. The van der Waals surface area contributed by atoms with Crippen LogP contribution in [0.3, 0.4) is 0 Å². The summed E-state index contributed by atoms with van der Waals surface area (Å²) in [4.78, 5) is 62.1. The number of hydrogen-bond donors (Lipinski definition) is 3. The maximum Gasteiger partial charge on any atom is 0.322 e. The van der Waals surface area contributed by atoms with Crippen LogP contribution in [0.1, 0.15) is 43.7 Å². The standard InChI is InChI=1S/C34H43Br2N7O5/c1-22(44)39-14-16-40(17-15-39)25-6-10-41(11-7-25)32(46)30(20-23-18-27(35)31(45)28(36)19-23)38-33(47)42-12-8-26(9-13-42)43-21-24-4-2-3-5-29(24)37-34(43)48/h2-5,18-19,25-26,30,45H,6-17,20-21H2,1H3,(H,37,48)(H,38,47)/t30-/m1/s1. The van der Waals surface area contributed by atoms with Crippen LogP contribution in [-0.2, 0) is 22.6 Å². The Morgan fingerprint density at radius 3 is 2.12 bits per heavy atom. The van der Waals surface area contributed by atoms with Crippen LogP contribution in [0.5, 0.6) is 5.75 Å². The van der Waals surface area contributed by atoms with Crippen molar-refractivity contribution in [3.05, 3.63) is 56.5 Å². The minimum atomic E-state index is -0.793. The highest BCUT2D eigenvalue weighted by Crippen LogP contribution is 2.34. The van der Waals surface area contributed by atoms with Gasteiger partial charge in [-0.1, -0.05) is 18.2 Å². The van der Waals surface area contributed by atoms with Gasteiger partial charge >= 0.3 is 12.1 Å². The van der Waals surface area contributed by atoms with Crippen molar-refractivity contribution in [1.29, 1.82) is 0 Å². The number of benzene rings is 2. The van der Waals surface area contributed by atoms with E-state index in [0.29, 0.717) is 60.6 Å². The zero-order chi connectivity index (χ0) is 33.9. The van der Waals surface area contributed by atoms with Crippen LogP contribution in [0.2, 0.25) is 0 Å². The van der Waals surface area contributed by atoms with Gasteiger partial charge in [0, 0.05) is 90.0 Å². The normalized spacial score (nSPS) is 20.3. The number of amides is 6. The number of rotatable bonds is 6. The number of urea groups is 2. The van der Waals surface area contributed by atoms with E-state index in [0.717, 1.165) is 55.8 Å². The van der Waals surface area contributed by atoms with Crippen LogP contribution in [0.15, 0.2) is 45.3 Å². The molecular weight excluding hydrogens is 746 g/mol. The van der Waals surface area contributed by atoms with E-state index in [1.807, 2.05) is 39.0 Å². The average molecular weight is 790 g/mol. The quantitative estimate of drug-likeness (QED) is 0.403. The lowest BCUT2D eigenvalue weighted by molar-refractivity contribution is -0.136. The van der Waals surface area contributed by atoms with Gasteiger partial charge in [0.15, 0.2) is 0 Å². The third kappa shape index (κ3) is 7.76.